The molecule has 0 spiro atoms. The number of imidazole rings is 1. The Balaban J connectivity index is 1.95. The van der Waals surface area contributed by atoms with Gasteiger partial charge in [0.05, 0.1) is 6.54 Å². The first-order valence-corrected chi connectivity index (χ1v) is 6.62. The minimum Gasteiger partial charge on any atom is -0.337 e. The Labute approximate surface area is 116 Å². The smallest absolute Gasteiger partial charge is 0.122 e. The molecule has 17 heavy (non-hydrogen) atoms. The number of nitrogens with zero attached hydrogens (tertiary/aromatic N) is 3. The predicted molar refractivity (Wildman–Crippen MR) is 77.5 cm³/mol. The zero-order valence-electron chi connectivity index (χ0n) is 10.1. The van der Waals surface area contributed by atoms with Crippen LogP contribution in [0.3, 0.4) is 0 Å². The summed E-state index contributed by atoms with van der Waals surface area (Å²) in [6, 6.07) is 8.64. The third-order valence-corrected chi connectivity index (χ3v) is 3.42. The third kappa shape index (κ3) is 3.54. The van der Waals surface area contributed by atoms with E-state index >= 15 is 0 Å². The van der Waals surface area contributed by atoms with Crippen molar-refractivity contribution in [2.24, 2.45) is 7.05 Å². The Hall–Kier alpha value is -0.880. The van der Waals surface area contributed by atoms with Gasteiger partial charge in [0.2, 0.25) is 0 Å². The summed E-state index contributed by atoms with van der Waals surface area (Å²) in [5, 5.41) is 0. The molecular weight excluding hydrogens is 325 g/mol. The molecule has 0 fully saturated rings. The van der Waals surface area contributed by atoms with E-state index in [0.29, 0.717) is 0 Å². The molecule has 90 valence electrons. The van der Waals surface area contributed by atoms with E-state index in [1.165, 1.54) is 9.13 Å². The van der Waals surface area contributed by atoms with Crippen LogP contribution in [0.5, 0.6) is 0 Å². The Morgan fingerprint density at radius 3 is 2.53 bits per heavy atom. The topological polar surface area (TPSA) is 21.1 Å². The minimum atomic E-state index is 0.871. The molecule has 1 aromatic carbocycles. The fourth-order valence-electron chi connectivity index (χ4n) is 1.75. The molecule has 0 N–H and O–H groups in total. The molecule has 0 amide bonds. The van der Waals surface area contributed by atoms with Gasteiger partial charge >= 0.3 is 0 Å². The Morgan fingerprint density at radius 2 is 1.94 bits per heavy atom. The SMILES string of the molecule is CN(Cc1ccc(I)cc1)Cc1nccn1C. The van der Waals surface area contributed by atoms with Gasteiger partial charge in [0, 0.05) is 29.6 Å². The predicted octanol–water partition coefficient (Wildman–Crippen LogP) is 2.66. The van der Waals surface area contributed by atoms with Gasteiger partial charge in [-0.25, -0.2) is 4.98 Å². The quantitative estimate of drug-likeness (QED) is 0.798. The first-order chi connectivity index (χ1) is 8.15. The number of halogens is 1. The van der Waals surface area contributed by atoms with E-state index in [2.05, 4.69) is 68.4 Å². The van der Waals surface area contributed by atoms with Crippen molar-refractivity contribution in [3.63, 3.8) is 0 Å². The zero-order chi connectivity index (χ0) is 12.3. The maximum absolute atomic E-state index is 4.33. The number of aromatic nitrogens is 2. The molecular formula is C13H16IN3. The summed E-state index contributed by atoms with van der Waals surface area (Å²) in [4.78, 5) is 6.60. The summed E-state index contributed by atoms with van der Waals surface area (Å²) in [6.07, 6.45) is 3.82. The second-order valence-corrected chi connectivity index (χ2v) is 5.50. The lowest BCUT2D eigenvalue weighted by molar-refractivity contribution is 0.307. The highest BCUT2D eigenvalue weighted by Crippen LogP contribution is 2.10. The Bertz CT molecular complexity index is 476. The molecule has 0 atom stereocenters. The maximum Gasteiger partial charge on any atom is 0.122 e. The Kier molecular flexibility index (Phi) is 4.17. The molecule has 2 aromatic rings. The van der Waals surface area contributed by atoms with Crippen molar-refractivity contribution in [1.29, 1.82) is 0 Å². The van der Waals surface area contributed by atoms with Crippen molar-refractivity contribution < 1.29 is 0 Å². The second-order valence-electron chi connectivity index (χ2n) is 4.25. The molecule has 0 aliphatic heterocycles. The van der Waals surface area contributed by atoms with Crippen LogP contribution in [0.15, 0.2) is 36.7 Å². The van der Waals surface area contributed by atoms with Gasteiger partial charge in [-0.1, -0.05) is 12.1 Å². The van der Waals surface area contributed by atoms with Gasteiger partial charge in [0.25, 0.3) is 0 Å². The molecule has 0 saturated carbocycles. The largest absolute Gasteiger partial charge is 0.337 e. The highest BCUT2D eigenvalue weighted by atomic mass is 127. The molecule has 4 heteroatoms. The molecule has 0 unspecified atom stereocenters. The number of benzene rings is 1. The number of hydrogen-bond donors (Lipinski definition) is 0. The number of rotatable bonds is 4. The van der Waals surface area contributed by atoms with E-state index in [4.69, 9.17) is 0 Å². The average molecular weight is 341 g/mol. The Morgan fingerprint density at radius 1 is 1.24 bits per heavy atom. The molecule has 1 heterocycles. The van der Waals surface area contributed by atoms with Gasteiger partial charge in [-0.2, -0.15) is 0 Å². The fraction of sp³-hybridized carbons (Fsp3) is 0.308. The van der Waals surface area contributed by atoms with E-state index in [1.54, 1.807) is 0 Å². The van der Waals surface area contributed by atoms with Crippen LogP contribution in [0.2, 0.25) is 0 Å². The summed E-state index contributed by atoms with van der Waals surface area (Å²) in [5.41, 5.74) is 1.34. The second kappa shape index (κ2) is 5.64. The van der Waals surface area contributed by atoms with Crippen LogP contribution in [0, 0.1) is 3.57 Å². The van der Waals surface area contributed by atoms with Crippen LogP contribution < -0.4 is 0 Å². The molecule has 0 bridgehead atoms. The van der Waals surface area contributed by atoms with E-state index in [-0.39, 0.29) is 0 Å². The van der Waals surface area contributed by atoms with E-state index in [9.17, 15) is 0 Å². The van der Waals surface area contributed by atoms with Crippen molar-refractivity contribution in [1.82, 2.24) is 14.5 Å². The lowest BCUT2D eigenvalue weighted by Gasteiger charge is -2.16. The zero-order valence-corrected chi connectivity index (χ0v) is 12.3. The highest BCUT2D eigenvalue weighted by Gasteiger charge is 2.05. The van der Waals surface area contributed by atoms with Crippen LogP contribution in [0.25, 0.3) is 0 Å². The third-order valence-electron chi connectivity index (χ3n) is 2.70. The van der Waals surface area contributed by atoms with Crippen molar-refractivity contribution in [3.05, 3.63) is 51.6 Å². The van der Waals surface area contributed by atoms with Crippen molar-refractivity contribution in [2.75, 3.05) is 7.05 Å². The summed E-state index contributed by atoms with van der Waals surface area (Å²) < 4.78 is 3.34. The van der Waals surface area contributed by atoms with Crippen LogP contribution in [0.4, 0.5) is 0 Å². The minimum absolute atomic E-state index is 0.871. The van der Waals surface area contributed by atoms with Gasteiger partial charge in [-0.05, 0) is 47.3 Å². The molecule has 1 aromatic heterocycles. The van der Waals surface area contributed by atoms with E-state index < -0.39 is 0 Å². The van der Waals surface area contributed by atoms with Crippen LogP contribution in [0.1, 0.15) is 11.4 Å². The van der Waals surface area contributed by atoms with E-state index in [0.717, 1.165) is 18.9 Å². The fourth-order valence-corrected chi connectivity index (χ4v) is 2.11. The molecule has 3 nitrogen and oxygen atoms in total. The molecule has 0 saturated heterocycles. The lowest BCUT2D eigenvalue weighted by atomic mass is 10.2. The summed E-state index contributed by atoms with van der Waals surface area (Å²) in [5.74, 6) is 1.10. The molecule has 0 radical (unpaired) electrons. The highest BCUT2D eigenvalue weighted by molar-refractivity contribution is 14.1. The number of aryl methyl sites for hydroxylation is 1. The summed E-state index contributed by atoms with van der Waals surface area (Å²) in [7, 11) is 4.15. The van der Waals surface area contributed by atoms with Crippen LogP contribution in [-0.4, -0.2) is 21.5 Å². The van der Waals surface area contributed by atoms with Gasteiger partial charge in [0.15, 0.2) is 0 Å². The van der Waals surface area contributed by atoms with Crippen molar-refractivity contribution in [3.8, 4) is 0 Å². The molecule has 0 aliphatic rings. The van der Waals surface area contributed by atoms with Crippen LogP contribution >= 0.6 is 22.6 Å². The van der Waals surface area contributed by atoms with Gasteiger partial charge in [-0.3, -0.25) is 4.90 Å². The summed E-state index contributed by atoms with van der Waals surface area (Å²) in [6.45, 7) is 1.82. The monoisotopic (exact) mass is 341 g/mol. The molecule has 2 rings (SSSR count). The lowest BCUT2D eigenvalue weighted by Crippen LogP contribution is -2.19. The van der Waals surface area contributed by atoms with Crippen LogP contribution in [-0.2, 0) is 20.1 Å². The van der Waals surface area contributed by atoms with Gasteiger partial charge < -0.3 is 4.57 Å². The maximum atomic E-state index is 4.33. The average Bonchev–Trinajstić information content (AvgIpc) is 2.68. The summed E-state index contributed by atoms with van der Waals surface area (Å²) >= 11 is 2.33. The van der Waals surface area contributed by atoms with Crippen molar-refractivity contribution in [2.45, 2.75) is 13.1 Å². The number of hydrogen-bond acceptors (Lipinski definition) is 2. The van der Waals surface area contributed by atoms with Gasteiger partial charge in [0.1, 0.15) is 5.82 Å². The van der Waals surface area contributed by atoms with Gasteiger partial charge in [-0.15, -0.1) is 0 Å². The standard InChI is InChI=1S/C13H16IN3/c1-16(10-13-15-7-8-17(13)2)9-11-3-5-12(14)6-4-11/h3-8H,9-10H2,1-2H3. The van der Waals surface area contributed by atoms with E-state index in [1.807, 2.05) is 19.4 Å². The molecule has 0 aliphatic carbocycles. The normalized spacial score (nSPS) is 11.1. The van der Waals surface area contributed by atoms with Crippen molar-refractivity contribution >= 4 is 22.6 Å². The first-order valence-electron chi connectivity index (χ1n) is 5.54. The first kappa shape index (κ1) is 12.6.